The molecule has 0 radical (unpaired) electrons. The molecular weight excluding hydrogens is 309 g/mol. The molecule has 0 saturated carbocycles. The van der Waals surface area contributed by atoms with Crippen molar-refractivity contribution in [2.24, 2.45) is 5.92 Å². The molecule has 5 heteroatoms. The lowest BCUT2D eigenvalue weighted by molar-refractivity contribution is 0.546. The number of benzene rings is 1. The highest BCUT2D eigenvalue weighted by Crippen LogP contribution is 2.21. The van der Waals surface area contributed by atoms with Crippen LogP contribution < -0.4 is 5.32 Å². The number of rotatable bonds is 5. The molecule has 0 spiro atoms. The number of hydrogen-bond donors (Lipinski definition) is 1. The van der Waals surface area contributed by atoms with Gasteiger partial charge in [-0.1, -0.05) is 13.8 Å². The van der Waals surface area contributed by atoms with Crippen LogP contribution >= 0.6 is 15.9 Å². The summed E-state index contributed by atoms with van der Waals surface area (Å²) in [7, 11) is 0. The molecule has 2 rings (SSSR count). The number of hydrogen-bond acceptors (Lipinski definition) is 2. The van der Waals surface area contributed by atoms with Crippen molar-refractivity contribution < 1.29 is 4.39 Å². The Morgan fingerprint density at radius 3 is 2.89 bits per heavy atom. The minimum Gasteiger partial charge on any atom is -0.311 e. The molecule has 1 aromatic carbocycles. The molecule has 0 saturated heterocycles. The fourth-order valence-corrected chi connectivity index (χ4v) is 2.17. The van der Waals surface area contributed by atoms with Crippen LogP contribution in [0.15, 0.2) is 34.9 Å². The van der Waals surface area contributed by atoms with Gasteiger partial charge in [-0.15, -0.1) is 0 Å². The molecule has 0 aliphatic heterocycles. The summed E-state index contributed by atoms with van der Waals surface area (Å²) in [4.78, 5) is 0. The van der Waals surface area contributed by atoms with E-state index in [1.54, 1.807) is 10.7 Å². The maximum Gasteiger partial charge on any atom is 0.125 e. The summed E-state index contributed by atoms with van der Waals surface area (Å²) in [5.74, 6) is 0.340. The van der Waals surface area contributed by atoms with E-state index >= 15 is 0 Å². The first-order valence-electron chi connectivity index (χ1n) is 6.27. The second kappa shape index (κ2) is 6.30. The summed E-state index contributed by atoms with van der Waals surface area (Å²) >= 11 is 3.40. The maximum absolute atomic E-state index is 13.3. The quantitative estimate of drug-likeness (QED) is 0.911. The first-order chi connectivity index (χ1) is 9.06. The summed E-state index contributed by atoms with van der Waals surface area (Å²) in [5, 5.41) is 7.77. The molecule has 0 atom stereocenters. The molecule has 3 nitrogen and oxygen atoms in total. The van der Waals surface area contributed by atoms with Crippen molar-refractivity contribution in [2.45, 2.75) is 20.4 Å². The fourth-order valence-electron chi connectivity index (χ4n) is 1.74. The lowest BCUT2D eigenvalue weighted by Crippen LogP contribution is -2.19. The van der Waals surface area contributed by atoms with Gasteiger partial charge in [0.25, 0.3) is 0 Å². The highest BCUT2D eigenvalue weighted by molar-refractivity contribution is 9.10. The van der Waals surface area contributed by atoms with Gasteiger partial charge in [-0.2, -0.15) is 5.10 Å². The molecule has 1 N–H and O–H groups in total. The monoisotopic (exact) mass is 325 g/mol. The Bertz CT molecular complexity index is 551. The summed E-state index contributed by atoms with van der Waals surface area (Å²) < 4.78 is 15.8. The molecule has 0 bridgehead atoms. The Labute approximate surface area is 121 Å². The predicted octanol–water partition coefficient (Wildman–Crippen LogP) is 3.52. The zero-order valence-corrected chi connectivity index (χ0v) is 12.6. The van der Waals surface area contributed by atoms with E-state index in [-0.39, 0.29) is 5.82 Å². The molecular formula is C14H17BrFN3. The van der Waals surface area contributed by atoms with E-state index in [9.17, 15) is 4.39 Å². The highest BCUT2D eigenvalue weighted by atomic mass is 79.9. The molecule has 0 aliphatic carbocycles. The first kappa shape index (κ1) is 14.2. The van der Waals surface area contributed by atoms with Crippen molar-refractivity contribution in [3.8, 4) is 5.69 Å². The number of halogens is 2. The van der Waals surface area contributed by atoms with Crippen LogP contribution in [0, 0.1) is 11.7 Å². The van der Waals surface area contributed by atoms with Crippen LogP contribution in [0.5, 0.6) is 0 Å². The van der Waals surface area contributed by atoms with Gasteiger partial charge in [0, 0.05) is 23.3 Å². The molecule has 19 heavy (non-hydrogen) atoms. The van der Waals surface area contributed by atoms with Crippen molar-refractivity contribution >= 4 is 15.9 Å². The number of nitrogens with zero attached hydrogens (tertiary/aromatic N) is 2. The van der Waals surface area contributed by atoms with Crippen LogP contribution in [0.25, 0.3) is 5.69 Å². The van der Waals surface area contributed by atoms with E-state index in [1.807, 2.05) is 12.3 Å². The standard InChI is InChI=1S/C14H17BrFN3/c1-10(2)8-17-9-12-5-6-19(18-12)14-7-11(16)3-4-13(14)15/h3-7,10,17H,8-9H2,1-2H3. The van der Waals surface area contributed by atoms with Crippen LogP contribution in [-0.2, 0) is 6.54 Å². The normalized spacial score (nSPS) is 11.2. The van der Waals surface area contributed by atoms with Crippen molar-refractivity contribution in [2.75, 3.05) is 6.54 Å². The zero-order valence-electron chi connectivity index (χ0n) is 11.0. The Hall–Kier alpha value is -1.20. The summed E-state index contributed by atoms with van der Waals surface area (Å²) in [6, 6.07) is 6.50. The third-order valence-corrected chi connectivity index (χ3v) is 3.33. The van der Waals surface area contributed by atoms with E-state index < -0.39 is 0 Å². The number of nitrogens with one attached hydrogen (secondary N) is 1. The smallest absolute Gasteiger partial charge is 0.125 e. The third-order valence-electron chi connectivity index (χ3n) is 2.66. The fraction of sp³-hybridized carbons (Fsp3) is 0.357. The van der Waals surface area contributed by atoms with Crippen LogP contribution in [0.2, 0.25) is 0 Å². The second-order valence-corrected chi connectivity index (χ2v) is 5.73. The van der Waals surface area contributed by atoms with Gasteiger partial charge >= 0.3 is 0 Å². The number of aromatic nitrogens is 2. The maximum atomic E-state index is 13.3. The summed E-state index contributed by atoms with van der Waals surface area (Å²) in [6.45, 7) is 6.00. The van der Waals surface area contributed by atoms with E-state index in [2.05, 4.69) is 40.2 Å². The van der Waals surface area contributed by atoms with Gasteiger partial charge in [0.2, 0.25) is 0 Å². The molecule has 2 aromatic rings. The average molecular weight is 326 g/mol. The molecule has 0 fully saturated rings. The van der Waals surface area contributed by atoms with Gasteiger partial charge in [0.1, 0.15) is 5.82 Å². The highest BCUT2D eigenvalue weighted by Gasteiger charge is 2.06. The lowest BCUT2D eigenvalue weighted by atomic mass is 10.2. The van der Waals surface area contributed by atoms with Crippen molar-refractivity contribution in [3.05, 3.63) is 46.4 Å². The SMILES string of the molecule is CC(C)CNCc1ccn(-c2cc(F)ccc2Br)n1. The van der Waals surface area contributed by atoms with E-state index in [0.717, 1.165) is 23.3 Å². The van der Waals surface area contributed by atoms with Crippen molar-refractivity contribution in [1.82, 2.24) is 15.1 Å². The van der Waals surface area contributed by atoms with Crippen LogP contribution in [0.4, 0.5) is 4.39 Å². The Balaban J connectivity index is 2.10. The largest absolute Gasteiger partial charge is 0.311 e. The van der Waals surface area contributed by atoms with E-state index in [0.29, 0.717) is 11.6 Å². The molecule has 1 heterocycles. The van der Waals surface area contributed by atoms with Gasteiger partial charge in [-0.25, -0.2) is 9.07 Å². The summed E-state index contributed by atoms with van der Waals surface area (Å²) in [5.41, 5.74) is 1.65. The lowest BCUT2D eigenvalue weighted by Gasteiger charge is -2.06. The predicted molar refractivity (Wildman–Crippen MR) is 77.8 cm³/mol. The average Bonchev–Trinajstić information content (AvgIpc) is 2.80. The van der Waals surface area contributed by atoms with Gasteiger partial charge < -0.3 is 5.32 Å². The van der Waals surface area contributed by atoms with Gasteiger partial charge in [0.05, 0.1) is 11.4 Å². The Morgan fingerprint density at radius 2 is 2.16 bits per heavy atom. The topological polar surface area (TPSA) is 29.9 Å². The van der Waals surface area contributed by atoms with Gasteiger partial charge in [-0.05, 0) is 46.6 Å². The Kier molecular flexibility index (Phi) is 4.71. The molecule has 0 unspecified atom stereocenters. The van der Waals surface area contributed by atoms with Crippen LogP contribution in [0.3, 0.4) is 0 Å². The zero-order chi connectivity index (χ0) is 13.8. The summed E-state index contributed by atoms with van der Waals surface area (Å²) in [6.07, 6.45) is 1.84. The Morgan fingerprint density at radius 1 is 1.37 bits per heavy atom. The molecule has 1 aromatic heterocycles. The first-order valence-corrected chi connectivity index (χ1v) is 7.06. The molecule has 0 aliphatic rings. The second-order valence-electron chi connectivity index (χ2n) is 4.87. The van der Waals surface area contributed by atoms with Crippen LogP contribution in [-0.4, -0.2) is 16.3 Å². The van der Waals surface area contributed by atoms with E-state index in [1.165, 1.54) is 12.1 Å². The third kappa shape index (κ3) is 3.88. The van der Waals surface area contributed by atoms with Gasteiger partial charge in [-0.3, -0.25) is 0 Å². The van der Waals surface area contributed by atoms with Gasteiger partial charge in [0.15, 0.2) is 0 Å². The minimum atomic E-state index is -0.270. The van der Waals surface area contributed by atoms with Crippen LogP contribution in [0.1, 0.15) is 19.5 Å². The minimum absolute atomic E-state index is 0.270. The molecule has 0 amide bonds. The molecule has 102 valence electrons. The van der Waals surface area contributed by atoms with Crippen molar-refractivity contribution in [3.63, 3.8) is 0 Å². The van der Waals surface area contributed by atoms with Crippen molar-refractivity contribution in [1.29, 1.82) is 0 Å². The van der Waals surface area contributed by atoms with E-state index in [4.69, 9.17) is 0 Å².